The van der Waals surface area contributed by atoms with E-state index < -0.39 is 0 Å². The van der Waals surface area contributed by atoms with Crippen LogP contribution >= 0.6 is 15.9 Å². The molecule has 0 radical (unpaired) electrons. The number of nitrogens with two attached hydrogens (primary N) is 1. The number of hydrogen-bond donors (Lipinski definition) is 1. The summed E-state index contributed by atoms with van der Waals surface area (Å²) in [6, 6.07) is 10.4. The average molecular weight is 308 g/mol. The van der Waals surface area contributed by atoms with Crippen LogP contribution in [0.4, 0.5) is 4.39 Å². The van der Waals surface area contributed by atoms with Gasteiger partial charge in [0.15, 0.2) is 0 Å². The van der Waals surface area contributed by atoms with Crippen molar-refractivity contribution in [2.75, 3.05) is 0 Å². The summed E-state index contributed by atoms with van der Waals surface area (Å²) in [5.74, 6) is -0.270. The minimum Gasteiger partial charge on any atom is -0.320 e. The zero-order chi connectivity index (χ0) is 13.3. The van der Waals surface area contributed by atoms with E-state index in [1.165, 1.54) is 17.7 Å². The summed E-state index contributed by atoms with van der Waals surface area (Å²) < 4.78 is 14.1. The van der Waals surface area contributed by atoms with Crippen molar-refractivity contribution in [1.82, 2.24) is 0 Å². The van der Waals surface area contributed by atoms with E-state index in [0.29, 0.717) is 0 Å². The molecule has 0 aliphatic carbocycles. The van der Waals surface area contributed by atoms with Crippen LogP contribution in [0.3, 0.4) is 0 Å². The zero-order valence-corrected chi connectivity index (χ0v) is 12.0. The summed E-state index contributed by atoms with van der Waals surface area (Å²) in [5.41, 5.74) is 10.3. The Kier molecular flexibility index (Phi) is 3.83. The second-order valence-electron chi connectivity index (χ2n) is 4.50. The molecule has 1 unspecified atom stereocenters. The third-order valence-corrected chi connectivity index (χ3v) is 3.78. The Morgan fingerprint density at radius 2 is 1.78 bits per heavy atom. The topological polar surface area (TPSA) is 26.0 Å². The van der Waals surface area contributed by atoms with Gasteiger partial charge in [0.25, 0.3) is 0 Å². The number of hydrogen-bond acceptors (Lipinski definition) is 1. The van der Waals surface area contributed by atoms with Gasteiger partial charge in [0.1, 0.15) is 5.82 Å². The fourth-order valence-corrected chi connectivity index (χ4v) is 2.59. The first kappa shape index (κ1) is 13.2. The fraction of sp³-hybridized carbons (Fsp3) is 0.200. The molecule has 0 saturated heterocycles. The summed E-state index contributed by atoms with van der Waals surface area (Å²) in [4.78, 5) is 0. The molecule has 1 atom stereocenters. The molecule has 0 aliphatic heterocycles. The maximum atomic E-state index is 13.3. The fourth-order valence-electron chi connectivity index (χ4n) is 2.10. The normalized spacial score (nSPS) is 12.5. The number of benzene rings is 2. The molecule has 2 rings (SSSR count). The lowest BCUT2D eigenvalue weighted by molar-refractivity contribution is 0.623. The van der Waals surface area contributed by atoms with Crippen LogP contribution in [0, 0.1) is 19.7 Å². The maximum absolute atomic E-state index is 13.3. The van der Waals surface area contributed by atoms with E-state index in [1.54, 1.807) is 6.07 Å². The molecule has 2 aromatic carbocycles. The van der Waals surface area contributed by atoms with Crippen molar-refractivity contribution in [3.05, 3.63) is 68.9 Å². The standard InChI is InChI=1S/C15H15BrFN/c1-9-3-5-12(10(2)7-9)15(18)13-8-11(17)4-6-14(13)16/h3-8,15H,18H2,1-2H3. The monoisotopic (exact) mass is 307 g/mol. The summed E-state index contributed by atoms with van der Waals surface area (Å²) in [6.07, 6.45) is 0. The zero-order valence-electron chi connectivity index (χ0n) is 10.4. The molecule has 18 heavy (non-hydrogen) atoms. The van der Waals surface area contributed by atoms with Crippen LogP contribution in [0.15, 0.2) is 40.9 Å². The Morgan fingerprint density at radius 1 is 1.06 bits per heavy atom. The SMILES string of the molecule is Cc1ccc(C(N)c2cc(F)ccc2Br)c(C)c1. The molecule has 0 aliphatic rings. The second kappa shape index (κ2) is 5.21. The molecule has 0 saturated carbocycles. The van der Waals surface area contributed by atoms with Crippen molar-refractivity contribution >= 4 is 15.9 Å². The van der Waals surface area contributed by atoms with Gasteiger partial charge < -0.3 is 5.73 Å². The average Bonchev–Trinajstić information content (AvgIpc) is 2.31. The molecule has 2 N–H and O–H groups in total. The van der Waals surface area contributed by atoms with Gasteiger partial charge in [-0.3, -0.25) is 0 Å². The number of rotatable bonds is 2. The summed E-state index contributed by atoms with van der Waals surface area (Å²) >= 11 is 3.42. The summed E-state index contributed by atoms with van der Waals surface area (Å²) in [6.45, 7) is 4.07. The Hall–Kier alpha value is -1.19. The molecule has 0 fully saturated rings. The molecule has 0 aromatic heterocycles. The van der Waals surface area contributed by atoms with Gasteiger partial charge in [0, 0.05) is 4.47 Å². The van der Waals surface area contributed by atoms with Crippen LogP contribution in [0.2, 0.25) is 0 Å². The minimum absolute atomic E-state index is 0.270. The first-order valence-electron chi connectivity index (χ1n) is 5.76. The minimum atomic E-state index is -0.323. The Labute approximate surface area is 115 Å². The Balaban J connectivity index is 2.47. The van der Waals surface area contributed by atoms with E-state index in [9.17, 15) is 4.39 Å². The molecule has 3 heteroatoms. The Bertz CT molecular complexity index is 581. The first-order chi connectivity index (χ1) is 8.49. The molecular formula is C15H15BrFN. The molecule has 0 bridgehead atoms. The number of halogens is 2. The van der Waals surface area contributed by atoms with E-state index in [-0.39, 0.29) is 11.9 Å². The maximum Gasteiger partial charge on any atom is 0.123 e. The van der Waals surface area contributed by atoms with Crippen LogP contribution in [-0.2, 0) is 0 Å². The van der Waals surface area contributed by atoms with Gasteiger partial charge in [-0.25, -0.2) is 4.39 Å². The van der Waals surface area contributed by atoms with Crippen LogP contribution < -0.4 is 5.73 Å². The van der Waals surface area contributed by atoms with Crippen LogP contribution in [0.25, 0.3) is 0 Å². The quantitative estimate of drug-likeness (QED) is 0.881. The van der Waals surface area contributed by atoms with Gasteiger partial charge in [-0.15, -0.1) is 0 Å². The second-order valence-corrected chi connectivity index (χ2v) is 5.36. The van der Waals surface area contributed by atoms with Crippen LogP contribution in [-0.4, -0.2) is 0 Å². The van der Waals surface area contributed by atoms with Crippen molar-refractivity contribution in [2.24, 2.45) is 5.73 Å². The lowest BCUT2D eigenvalue weighted by atomic mass is 9.94. The van der Waals surface area contributed by atoms with E-state index in [4.69, 9.17) is 5.73 Å². The summed E-state index contributed by atoms with van der Waals surface area (Å²) in [7, 11) is 0. The van der Waals surface area contributed by atoms with Gasteiger partial charge in [-0.2, -0.15) is 0 Å². The van der Waals surface area contributed by atoms with E-state index >= 15 is 0 Å². The summed E-state index contributed by atoms with van der Waals surface area (Å²) in [5, 5.41) is 0. The highest BCUT2D eigenvalue weighted by Crippen LogP contribution is 2.29. The lowest BCUT2D eigenvalue weighted by Crippen LogP contribution is -2.14. The van der Waals surface area contributed by atoms with E-state index in [2.05, 4.69) is 22.0 Å². The molecule has 1 nitrogen and oxygen atoms in total. The lowest BCUT2D eigenvalue weighted by Gasteiger charge is -2.17. The highest BCUT2D eigenvalue weighted by molar-refractivity contribution is 9.10. The van der Waals surface area contributed by atoms with Crippen LogP contribution in [0.5, 0.6) is 0 Å². The van der Waals surface area contributed by atoms with Crippen LogP contribution in [0.1, 0.15) is 28.3 Å². The third-order valence-electron chi connectivity index (χ3n) is 3.05. The largest absolute Gasteiger partial charge is 0.320 e. The highest BCUT2D eigenvalue weighted by Gasteiger charge is 2.15. The smallest absolute Gasteiger partial charge is 0.123 e. The van der Waals surface area contributed by atoms with Gasteiger partial charge >= 0.3 is 0 Å². The van der Waals surface area contributed by atoms with Gasteiger partial charge in [-0.1, -0.05) is 39.7 Å². The molecule has 0 heterocycles. The van der Waals surface area contributed by atoms with Crippen molar-refractivity contribution < 1.29 is 4.39 Å². The van der Waals surface area contributed by atoms with Crippen molar-refractivity contribution in [2.45, 2.75) is 19.9 Å². The molecule has 94 valence electrons. The first-order valence-corrected chi connectivity index (χ1v) is 6.56. The van der Waals surface area contributed by atoms with Gasteiger partial charge in [0.2, 0.25) is 0 Å². The van der Waals surface area contributed by atoms with Gasteiger partial charge in [-0.05, 0) is 48.7 Å². The van der Waals surface area contributed by atoms with Crippen molar-refractivity contribution in [3.8, 4) is 0 Å². The third kappa shape index (κ3) is 2.62. The predicted molar refractivity (Wildman–Crippen MR) is 76.0 cm³/mol. The predicted octanol–water partition coefficient (Wildman–Crippen LogP) is 4.25. The van der Waals surface area contributed by atoms with E-state index in [1.807, 2.05) is 26.0 Å². The number of aryl methyl sites for hydroxylation is 2. The highest BCUT2D eigenvalue weighted by atomic mass is 79.9. The molecule has 0 spiro atoms. The van der Waals surface area contributed by atoms with Gasteiger partial charge in [0.05, 0.1) is 6.04 Å². The molecular weight excluding hydrogens is 293 g/mol. The molecule has 2 aromatic rings. The van der Waals surface area contributed by atoms with Crippen molar-refractivity contribution in [1.29, 1.82) is 0 Å². The molecule has 0 amide bonds. The van der Waals surface area contributed by atoms with Crippen molar-refractivity contribution in [3.63, 3.8) is 0 Å². The van der Waals surface area contributed by atoms with E-state index in [0.717, 1.165) is 21.2 Å². The Morgan fingerprint density at radius 3 is 2.44 bits per heavy atom.